The summed E-state index contributed by atoms with van der Waals surface area (Å²) in [5.41, 5.74) is 0.794. The third-order valence-electron chi connectivity index (χ3n) is 3.20. The average Bonchev–Trinajstić information content (AvgIpc) is 2.45. The van der Waals surface area contributed by atoms with Crippen LogP contribution in [0.1, 0.15) is 33.3 Å². The number of carbonyl (C=O) groups excluding carboxylic acids is 1. The van der Waals surface area contributed by atoms with Crippen LogP contribution in [0.4, 0.5) is 0 Å². The highest BCUT2D eigenvalue weighted by Crippen LogP contribution is 2.36. The molecule has 0 aromatic heterocycles. The second-order valence-corrected chi connectivity index (χ2v) is 5.43. The molecule has 0 radical (unpaired) electrons. The van der Waals surface area contributed by atoms with E-state index in [9.17, 15) is 4.79 Å². The zero-order valence-corrected chi connectivity index (χ0v) is 14.6. The fourth-order valence-corrected chi connectivity index (χ4v) is 2.48. The minimum atomic E-state index is -0.0256. The second kappa shape index (κ2) is 8.69. The van der Waals surface area contributed by atoms with Crippen LogP contribution in [-0.2, 0) is 4.79 Å². The van der Waals surface area contributed by atoms with Gasteiger partial charge in [0.1, 0.15) is 0 Å². The summed E-state index contributed by atoms with van der Waals surface area (Å²) in [6, 6.07) is 3.72. The first-order valence-corrected chi connectivity index (χ1v) is 7.81. The molecule has 0 atom stereocenters. The third kappa shape index (κ3) is 4.67. The Balaban J connectivity index is 3.02. The maximum absolute atomic E-state index is 12.2. The van der Waals surface area contributed by atoms with Gasteiger partial charge in [-0.05, 0) is 51.5 Å². The van der Waals surface area contributed by atoms with Gasteiger partial charge in [0.2, 0.25) is 5.91 Å². The molecule has 0 heterocycles. The molecule has 0 N–H and O–H groups in total. The van der Waals surface area contributed by atoms with E-state index in [1.165, 1.54) is 0 Å². The molecule has 1 aromatic rings. The summed E-state index contributed by atoms with van der Waals surface area (Å²) in [5.74, 6) is 1.05. The SMILES string of the molecule is CCOc1cc(/C=C/C(=O)N(CC)C(C)C)cc(Cl)c1OC. The fraction of sp³-hybridized carbons (Fsp3) is 0.471. The molecule has 0 aliphatic carbocycles. The van der Waals surface area contributed by atoms with Gasteiger partial charge in [-0.1, -0.05) is 11.6 Å². The standard InChI is InChI=1S/C17H24ClNO3/c1-6-19(12(3)4)16(20)9-8-13-10-14(18)17(21-5)15(11-13)22-7-2/h8-12H,6-7H2,1-5H3/b9-8+. The average molecular weight is 326 g/mol. The van der Waals surface area contributed by atoms with Crippen LogP contribution in [0.15, 0.2) is 18.2 Å². The predicted molar refractivity (Wildman–Crippen MR) is 90.7 cm³/mol. The van der Waals surface area contributed by atoms with Crippen molar-refractivity contribution >= 4 is 23.6 Å². The summed E-state index contributed by atoms with van der Waals surface area (Å²) < 4.78 is 10.8. The Bertz CT molecular complexity index is 541. The molecule has 5 heteroatoms. The van der Waals surface area contributed by atoms with Crippen molar-refractivity contribution in [1.82, 2.24) is 4.90 Å². The molecular weight excluding hydrogens is 302 g/mol. The van der Waals surface area contributed by atoms with E-state index in [0.717, 1.165) is 5.56 Å². The van der Waals surface area contributed by atoms with Crippen molar-refractivity contribution in [2.24, 2.45) is 0 Å². The van der Waals surface area contributed by atoms with Gasteiger partial charge < -0.3 is 14.4 Å². The number of benzene rings is 1. The summed E-state index contributed by atoms with van der Waals surface area (Å²) >= 11 is 6.19. The summed E-state index contributed by atoms with van der Waals surface area (Å²) in [6.07, 6.45) is 3.29. The number of halogens is 1. The number of amides is 1. The van der Waals surface area contributed by atoms with Crippen molar-refractivity contribution in [3.8, 4) is 11.5 Å². The predicted octanol–water partition coefficient (Wildman–Crippen LogP) is 4.02. The van der Waals surface area contributed by atoms with E-state index in [-0.39, 0.29) is 11.9 Å². The first-order valence-electron chi connectivity index (χ1n) is 7.43. The lowest BCUT2D eigenvalue weighted by molar-refractivity contribution is -0.127. The van der Waals surface area contributed by atoms with Crippen LogP contribution in [0.3, 0.4) is 0 Å². The van der Waals surface area contributed by atoms with Gasteiger partial charge in [-0.3, -0.25) is 4.79 Å². The van der Waals surface area contributed by atoms with Crippen molar-refractivity contribution in [2.75, 3.05) is 20.3 Å². The lowest BCUT2D eigenvalue weighted by Gasteiger charge is -2.23. The Morgan fingerprint density at radius 3 is 2.55 bits per heavy atom. The van der Waals surface area contributed by atoms with Crippen LogP contribution >= 0.6 is 11.6 Å². The molecular formula is C17H24ClNO3. The molecule has 22 heavy (non-hydrogen) atoms. The van der Waals surface area contributed by atoms with Crippen LogP contribution in [0.25, 0.3) is 6.08 Å². The number of carbonyl (C=O) groups is 1. The Kier molecular flexibility index (Phi) is 7.25. The third-order valence-corrected chi connectivity index (χ3v) is 3.48. The van der Waals surface area contributed by atoms with Crippen molar-refractivity contribution in [3.05, 3.63) is 28.8 Å². The molecule has 1 rings (SSSR count). The van der Waals surface area contributed by atoms with Gasteiger partial charge in [0.25, 0.3) is 0 Å². The number of methoxy groups -OCH3 is 1. The maximum atomic E-state index is 12.2. The van der Waals surface area contributed by atoms with Crippen LogP contribution < -0.4 is 9.47 Å². The minimum Gasteiger partial charge on any atom is -0.491 e. The molecule has 0 bridgehead atoms. The van der Waals surface area contributed by atoms with Crippen molar-refractivity contribution < 1.29 is 14.3 Å². The normalized spacial score (nSPS) is 11.0. The van der Waals surface area contributed by atoms with Crippen LogP contribution in [0.5, 0.6) is 11.5 Å². The summed E-state index contributed by atoms with van der Waals surface area (Å²) in [7, 11) is 1.55. The van der Waals surface area contributed by atoms with Crippen LogP contribution in [-0.4, -0.2) is 37.1 Å². The van der Waals surface area contributed by atoms with E-state index in [2.05, 4.69) is 0 Å². The molecule has 1 aromatic carbocycles. The number of hydrogen-bond donors (Lipinski definition) is 0. The van der Waals surface area contributed by atoms with Gasteiger partial charge in [-0.15, -0.1) is 0 Å². The van der Waals surface area contributed by atoms with Gasteiger partial charge >= 0.3 is 0 Å². The molecule has 0 aliphatic rings. The summed E-state index contributed by atoms with van der Waals surface area (Å²) in [6.45, 7) is 9.02. The first kappa shape index (κ1) is 18.4. The number of hydrogen-bond acceptors (Lipinski definition) is 3. The summed E-state index contributed by atoms with van der Waals surface area (Å²) in [4.78, 5) is 13.9. The lowest BCUT2D eigenvalue weighted by Crippen LogP contribution is -2.35. The van der Waals surface area contributed by atoms with Crippen LogP contribution in [0.2, 0.25) is 5.02 Å². The molecule has 0 saturated heterocycles. The Morgan fingerprint density at radius 1 is 1.36 bits per heavy atom. The van der Waals surface area contributed by atoms with Gasteiger partial charge in [0, 0.05) is 18.7 Å². The van der Waals surface area contributed by atoms with Gasteiger partial charge in [-0.25, -0.2) is 0 Å². The number of likely N-dealkylation sites (N-methyl/N-ethyl adjacent to an activating group) is 1. The molecule has 0 aliphatic heterocycles. The number of ether oxygens (including phenoxy) is 2. The molecule has 0 spiro atoms. The maximum Gasteiger partial charge on any atom is 0.246 e. The highest BCUT2D eigenvalue weighted by molar-refractivity contribution is 6.32. The molecule has 0 fully saturated rings. The Hall–Kier alpha value is -1.68. The van der Waals surface area contributed by atoms with E-state index in [1.54, 1.807) is 30.2 Å². The topological polar surface area (TPSA) is 38.8 Å². The van der Waals surface area contributed by atoms with Gasteiger partial charge in [-0.2, -0.15) is 0 Å². The lowest BCUT2D eigenvalue weighted by atomic mass is 10.1. The van der Waals surface area contributed by atoms with E-state index in [0.29, 0.717) is 29.7 Å². The quantitative estimate of drug-likeness (QED) is 0.711. The summed E-state index contributed by atoms with van der Waals surface area (Å²) in [5, 5.41) is 0.455. The Morgan fingerprint density at radius 2 is 2.05 bits per heavy atom. The molecule has 4 nitrogen and oxygen atoms in total. The fourth-order valence-electron chi connectivity index (χ4n) is 2.18. The highest BCUT2D eigenvalue weighted by atomic mass is 35.5. The second-order valence-electron chi connectivity index (χ2n) is 5.02. The number of rotatable bonds is 7. The monoisotopic (exact) mass is 325 g/mol. The van der Waals surface area contributed by atoms with E-state index in [4.69, 9.17) is 21.1 Å². The Labute approximate surface area is 137 Å². The first-order chi connectivity index (χ1) is 10.4. The molecule has 1 amide bonds. The number of nitrogens with zero attached hydrogens (tertiary/aromatic N) is 1. The van der Waals surface area contributed by atoms with E-state index in [1.807, 2.05) is 33.8 Å². The van der Waals surface area contributed by atoms with Crippen molar-refractivity contribution in [1.29, 1.82) is 0 Å². The zero-order valence-electron chi connectivity index (χ0n) is 13.9. The molecule has 122 valence electrons. The minimum absolute atomic E-state index is 0.0256. The smallest absolute Gasteiger partial charge is 0.246 e. The van der Waals surface area contributed by atoms with Crippen molar-refractivity contribution in [3.63, 3.8) is 0 Å². The van der Waals surface area contributed by atoms with Gasteiger partial charge in [0.05, 0.1) is 18.7 Å². The molecule has 0 unspecified atom stereocenters. The van der Waals surface area contributed by atoms with E-state index >= 15 is 0 Å². The van der Waals surface area contributed by atoms with Crippen LogP contribution in [0, 0.1) is 0 Å². The highest BCUT2D eigenvalue weighted by Gasteiger charge is 2.13. The largest absolute Gasteiger partial charge is 0.491 e. The van der Waals surface area contributed by atoms with Crippen molar-refractivity contribution in [2.45, 2.75) is 33.7 Å². The zero-order chi connectivity index (χ0) is 16.7. The molecule has 0 saturated carbocycles. The van der Waals surface area contributed by atoms with E-state index < -0.39 is 0 Å². The van der Waals surface area contributed by atoms with Gasteiger partial charge in [0.15, 0.2) is 11.5 Å².